The molecule has 6 aliphatic rings. The van der Waals surface area contributed by atoms with Crippen LogP contribution < -0.4 is 0 Å². The second kappa shape index (κ2) is 4.70. The third-order valence-corrected chi connectivity index (χ3v) is 10.4. The first-order chi connectivity index (χ1) is 12.0. The second-order valence-corrected chi connectivity index (χ2v) is 10.8. The second-order valence-electron chi connectivity index (χ2n) is 10.8. The highest BCUT2D eigenvalue weighted by atomic mass is 16.5. The minimum Gasteiger partial charge on any atom is -0.364 e. The van der Waals surface area contributed by atoms with Crippen molar-refractivity contribution in [2.75, 3.05) is 19.9 Å². The Morgan fingerprint density at radius 3 is 2.88 bits per heavy atom. The Bertz CT molecular complexity index is 634. The number of ketones is 1. The minimum absolute atomic E-state index is 0.0600. The number of carbonyl (C=O) groups is 1. The first kappa shape index (κ1) is 15.6. The van der Waals surface area contributed by atoms with E-state index in [0.29, 0.717) is 40.4 Å². The van der Waals surface area contributed by atoms with Gasteiger partial charge in [0.2, 0.25) is 0 Å². The van der Waals surface area contributed by atoms with Crippen LogP contribution in [-0.2, 0) is 9.53 Å². The quantitative estimate of drug-likeness (QED) is 0.669. The van der Waals surface area contributed by atoms with Crippen LogP contribution in [-0.4, -0.2) is 36.6 Å². The van der Waals surface area contributed by atoms with Gasteiger partial charge in [0.1, 0.15) is 5.78 Å². The van der Waals surface area contributed by atoms with Crippen LogP contribution in [0.2, 0.25) is 0 Å². The Hall–Kier alpha value is -0.410. The molecule has 138 valence electrons. The average molecular weight is 344 g/mol. The van der Waals surface area contributed by atoms with Crippen molar-refractivity contribution in [2.24, 2.45) is 39.9 Å². The predicted molar refractivity (Wildman–Crippen MR) is 95.9 cm³/mol. The fraction of sp³-hybridized carbons (Fsp3) is 0.955. The lowest BCUT2D eigenvalue weighted by Gasteiger charge is -2.70. The molecule has 3 nitrogen and oxygen atoms in total. The molecule has 0 aromatic heterocycles. The van der Waals surface area contributed by atoms with Crippen molar-refractivity contribution in [3.8, 4) is 0 Å². The maximum atomic E-state index is 13.4. The predicted octanol–water partition coefficient (Wildman–Crippen LogP) is 3.87. The maximum absolute atomic E-state index is 13.4. The number of fused-ring (bicyclic) bond motifs is 3. The molecule has 0 N–H and O–H groups in total. The molecule has 4 saturated carbocycles. The van der Waals surface area contributed by atoms with Crippen LogP contribution in [0.5, 0.6) is 0 Å². The van der Waals surface area contributed by atoms with E-state index < -0.39 is 0 Å². The van der Waals surface area contributed by atoms with Gasteiger partial charge >= 0.3 is 0 Å². The monoisotopic (exact) mass is 343 g/mol. The molecule has 6 fully saturated rings. The number of Topliss-reactive ketones (excluding diaryl/α,β-unsaturated/α-hetero) is 1. The van der Waals surface area contributed by atoms with Crippen molar-refractivity contribution >= 4 is 5.78 Å². The van der Waals surface area contributed by atoms with Gasteiger partial charge in [0.05, 0.1) is 13.3 Å². The molecule has 0 aromatic rings. The molecule has 8 atom stereocenters. The summed E-state index contributed by atoms with van der Waals surface area (Å²) in [4.78, 5) is 16.1. The van der Waals surface area contributed by atoms with Crippen LogP contribution >= 0.6 is 0 Å². The molecule has 3 heteroatoms. The van der Waals surface area contributed by atoms with Gasteiger partial charge in [-0.3, -0.25) is 9.69 Å². The molecule has 2 heterocycles. The van der Waals surface area contributed by atoms with Gasteiger partial charge in [0.25, 0.3) is 0 Å². The Labute approximate surface area is 151 Å². The summed E-state index contributed by atoms with van der Waals surface area (Å²) in [7, 11) is 0. The van der Waals surface area contributed by atoms with Gasteiger partial charge in [-0.05, 0) is 73.5 Å². The van der Waals surface area contributed by atoms with Crippen LogP contribution in [0, 0.1) is 39.9 Å². The largest absolute Gasteiger partial charge is 0.364 e. The third kappa shape index (κ3) is 1.61. The lowest BCUT2D eigenvalue weighted by Crippen LogP contribution is -2.70. The van der Waals surface area contributed by atoms with E-state index in [-0.39, 0.29) is 5.41 Å². The summed E-state index contributed by atoms with van der Waals surface area (Å²) in [5.74, 6) is 3.18. The Morgan fingerprint density at radius 2 is 2.00 bits per heavy atom. The summed E-state index contributed by atoms with van der Waals surface area (Å²) in [5, 5.41) is 0. The number of rotatable bonds is 0. The summed E-state index contributed by atoms with van der Waals surface area (Å²) < 4.78 is 5.96. The number of hydrogen-bond acceptors (Lipinski definition) is 3. The van der Waals surface area contributed by atoms with E-state index in [1.165, 1.54) is 57.9 Å². The van der Waals surface area contributed by atoms with E-state index >= 15 is 0 Å². The fourth-order valence-corrected chi connectivity index (χ4v) is 9.53. The van der Waals surface area contributed by atoms with Gasteiger partial charge in [0, 0.05) is 23.9 Å². The van der Waals surface area contributed by atoms with Crippen molar-refractivity contribution in [2.45, 2.75) is 71.3 Å². The molecule has 25 heavy (non-hydrogen) atoms. The van der Waals surface area contributed by atoms with Crippen LogP contribution in [0.25, 0.3) is 0 Å². The van der Waals surface area contributed by atoms with Crippen molar-refractivity contribution in [3.05, 3.63) is 0 Å². The summed E-state index contributed by atoms with van der Waals surface area (Å²) >= 11 is 0. The maximum Gasteiger partial charge on any atom is 0.142 e. The topological polar surface area (TPSA) is 29.5 Å². The number of nitrogens with zero attached hydrogens (tertiary/aromatic N) is 1. The highest BCUT2D eigenvalue weighted by molar-refractivity contribution is 5.90. The first-order valence-electron chi connectivity index (χ1n) is 10.9. The van der Waals surface area contributed by atoms with E-state index in [9.17, 15) is 4.79 Å². The number of ether oxygens (including phenoxy) is 1. The van der Waals surface area contributed by atoms with E-state index in [1.807, 2.05) is 0 Å². The highest BCUT2D eigenvalue weighted by Crippen LogP contribution is 2.73. The summed E-state index contributed by atoms with van der Waals surface area (Å²) in [6, 6.07) is 0.634. The lowest BCUT2D eigenvalue weighted by molar-refractivity contribution is -0.214. The van der Waals surface area contributed by atoms with E-state index in [1.54, 1.807) is 0 Å². The molecular weight excluding hydrogens is 310 g/mol. The van der Waals surface area contributed by atoms with Crippen molar-refractivity contribution in [3.63, 3.8) is 0 Å². The first-order valence-corrected chi connectivity index (χ1v) is 10.9. The number of piperidine rings is 1. The standard InChI is InChI=1S/C22H33NO2/c1-14-15-4-5-17-21(10-15,19(14)24)9-6-16-20(2)7-3-8-22(16,17)12-23-13-25-11-18(20)23/h14-18H,3-13H2,1-2H3/t14-,15+,16+,17+,18+,20-,21+,22+/m1/s1. The summed E-state index contributed by atoms with van der Waals surface area (Å²) in [6.07, 6.45) is 10.5. The SMILES string of the molecule is C[C@H]1C(=O)[C@]23CC[C@H]4[C@@]5(C)CCC[C@@]4(CN4COC[C@H]45)[C@H]2CC[C@H]1C3. The van der Waals surface area contributed by atoms with Gasteiger partial charge in [-0.2, -0.15) is 0 Å². The molecule has 4 bridgehead atoms. The summed E-state index contributed by atoms with van der Waals surface area (Å²) in [6.45, 7) is 7.82. The van der Waals surface area contributed by atoms with Gasteiger partial charge in [0.15, 0.2) is 0 Å². The zero-order valence-electron chi connectivity index (χ0n) is 15.9. The average Bonchev–Trinajstić information content (AvgIpc) is 3.13. The smallest absolute Gasteiger partial charge is 0.142 e. The van der Waals surface area contributed by atoms with Gasteiger partial charge in [-0.25, -0.2) is 0 Å². The molecule has 6 rings (SSSR count). The molecule has 1 spiro atoms. The minimum atomic E-state index is 0.0600. The van der Waals surface area contributed by atoms with E-state index in [0.717, 1.165) is 19.3 Å². The zero-order chi connectivity index (χ0) is 17.0. The molecule has 0 radical (unpaired) electrons. The highest BCUT2D eigenvalue weighted by Gasteiger charge is 2.72. The molecule has 2 saturated heterocycles. The number of hydrogen-bond donors (Lipinski definition) is 0. The van der Waals surface area contributed by atoms with Gasteiger partial charge in [-0.15, -0.1) is 0 Å². The van der Waals surface area contributed by atoms with Gasteiger partial charge < -0.3 is 4.74 Å². The van der Waals surface area contributed by atoms with Crippen LogP contribution in [0.3, 0.4) is 0 Å². The number of carbonyl (C=O) groups excluding carboxylic acids is 1. The van der Waals surface area contributed by atoms with Crippen molar-refractivity contribution in [1.82, 2.24) is 4.90 Å². The normalized spacial score (nSPS) is 60.1. The lowest BCUT2D eigenvalue weighted by atomic mass is 9.38. The molecule has 0 aromatic carbocycles. The molecule has 4 aliphatic carbocycles. The Balaban J connectivity index is 1.49. The van der Waals surface area contributed by atoms with Crippen molar-refractivity contribution in [1.29, 1.82) is 0 Å². The zero-order valence-corrected chi connectivity index (χ0v) is 15.9. The molecule has 0 unspecified atom stereocenters. The molecule has 2 aliphatic heterocycles. The van der Waals surface area contributed by atoms with E-state index in [4.69, 9.17) is 4.74 Å². The van der Waals surface area contributed by atoms with Crippen molar-refractivity contribution < 1.29 is 9.53 Å². The van der Waals surface area contributed by atoms with Gasteiger partial charge in [-0.1, -0.05) is 20.3 Å². The van der Waals surface area contributed by atoms with Crippen LogP contribution in [0.1, 0.15) is 65.2 Å². The fourth-order valence-electron chi connectivity index (χ4n) is 9.53. The third-order valence-electron chi connectivity index (χ3n) is 10.4. The Kier molecular flexibility index (Phi) is 2.94. The van der Waals surface area contributed by atoms with Crippen LogP contribution in [0.15, 0.2) is 0 Å². The Morgan fingerprint density at radius 1 is 1.12 bits per heavy atom. The summed E-state index contributed by atoms with van der Waals surface area (Å²) in [5.41, 5.74) is 0.878. The molecule has 0 amide bonds. The molecular formula is C22H33NO2. The van der Waals surface area contributed by atoms with Crippen LogP contribution in [0.4, 0.5) is 0 Å². The van der Waals surface area contributed by atoms with E-state index in [2.05, 4.69) is 18.7 Å².